The molecule has 37 heavy (non-hydrogen) atoms. The zero-order valence-electron chi connectivity index (χ0n) is 20.9. The van der Waals surface area contributed by atoms with Crippen molar-refractivity contribution >= 4 is 28.5 Å². The maximum absolute atomic E-state index is 12.4. The molecule has 0 atom stereocenters. The molecule has 0 spiro atoms. The average molecular weight is 497 g/mol. The number of carboxylic acid groups (broad SMARTS) is 1. The highest BCUT2D eigenvalue weighted by Gasteiger charge is 2.16. The summed E-state index contributed by atoms with van der Waals surface area (Å²) >= 11 is 0. The Morgan fingerprint density at radius 2 is 1.70 bits per heavy atom. The first kappa shape index (κ1) is 24.8. The summed E-state index contributed by atoms with van der Waals surface area (Å²) in [7, 11) is 0. The van der Waals surface area contributed by atoms with Crippen molar-refractivity contribution in [3.05, 3.63) is 90.1 Å². The summed E-state index contributed by atoms with van der Waals surface area (Å²) in [6, 6.07) is 23.4. The van der Waals surface area contributed by atoms with Gasteiger partial charge in [0.05, 0.1) is 12.2 Å². The minimum atomic E-state index is -0.962. The minimum absolute atomic E-state index is 0.0461. The molecule has 1 aliphatic rings. The maximum Gasteiger partial charge on any atom is 0.335 e. The number of carboxylic acids is 1. The van der Waals surface area contributed by atoms with E-state index in [1.165, 1.54) is 37.7 Å². The van der Waals surface area contributed by atoms with E-state index in [1.807, 2.05) is 59.3 Å². The molecular weight excluding hydrogens is 464 g/mol. The number of ether oxygens (including phenoxy) is 1. The van der Waals surface area contributed by atoms with Gasteiger partial charge in [-0.1, -0.05) is 67.8 Å². The van der Waals surface area contributed by atoms with Gasteiger partial charge in [-0.15, -0.1) is 0 Å². The number of hydrogen-bond acceptors (Lipinski definition) is 3. The van der Waals surface area contributed by atoms with E-state index in [9.17, 15) is 14.7 Å². The predicted octanol–water partition coefficient (Wildman–Crippen LogP) is 6.71. The summed E-state index contributed by atoms with van der Waals surface area (Å²) in [5.41, 5.74) is 5.28. The lowest BCUT2D eigenvalue weighted by Crippen LogP contribution is -2.19. The van der Waals surface area contributed by atoms with Crippen LogP contribution in [0.1, 0.15) is 53.9 Å². The SMILES string of the molecule is O=C(COCCn1cc(-c2ccccc2)c2ccc(C(=O)O)cc21)Nc1ccc(C2CCCCC2)cc1. The van der Waals surface area contributed by atoms with E-state index in [0.29, 0.717) is 19.1 Å². The van der Waals surface area contributed by atoms with Crippen LogP contribution in [-0.4, -0.2) is 34.8 Å². The number of carbonyl (C=O) groups excluding carboxylic acids is 1. The van der Waals surface area contributed by atoms with Gasteiger partial charge in [0.15, 0.2) is 0 Å². The standard InChI is InChI=1S/C31H32N2O4/c34-30(32-26-14-11-23(12-15-26)22-7-3-1-4-8-22)21-37-18-17-33-20-28(24-9-5-2-6-10-24)27-16-13-25(31(35)36)19-29(27)33/h2,5-6,9-16,19-20,22H,1,3-4,7-8,17-18,21H2,(H,32,34)(H,35,36). The fraction of sp³-hybridized carbons (Fsp3) is 0.290. The van der Waals surface area contributed by atoms with Crippen LogP contribution in [0.2, 0.25) is 0 Å². The Bertz CT molecular complexity index is 1370. The molecule has 190 valence electrons. The van der Waals surface area contributed by atoms with Gasteiger partial charge < -0.3 is 19.7 Å². The second kappa shape index (κ2) is 11.4. The van der Waals surface area contributed by atoms with Gasteiger partial charge in [-0.25, -0.2) is 4.79 Å². The van der Waals surface area contributed by atoms with Crippen molar-refractivity contribution < 1.29 is 19.4 Å². The van der Waals surface area contributed by atoms with E-state index < -0.39 is 5.97 Å². The summed E-state index contributed by atoms with van der Waals surface area (Å²) in [6.07, 6.45) is 8.45. The molecule has 3 aromatic carbocycles. The van der Waals surface area contributed by atoms with Crippen LogP contribution >= 0.6 is 0 Å². The normalized spacial score (nSPS) is 14.1. The molecular formula is C31H32N2O4. The first-order valence-electron chi connectivity index (χ1n) is 13.0. The number of fused-ring (bicyclic) bond motifs is 1. The van der Waals surface area contributed by atoms with Crippen LogP contribution in [0.25, 0.3) is 22.0 Å². The third kappa shape index (κ3) is 5.92. The molecule has 0 aliphatic heterocycles. The van der Waals surface area contributed by atoms with Crippen molar-refractivity contribution in [2.24, 2.45) is 0 Å². The van der Waals surface area contributed by atoms with Crippen molar-refractivity contribution in [3.63, 3.8) is 0 Å². The molecule has 1 aliphatic carbocycles. The van der Waals surface area contributed by atoms with Crippen LogP contribution in [0.15, 0.2) is 79.0 Å². The number of aromatic nitrogens is 1. The Hall–Kier alpha value is -3.90. The number of rotatable bonds is 9. The van der Waals surface area contributed by atoms with Gasteiger partial charge in [0.2, 0.25) is 5.91 Å². The average Bonchev–Trinajstić information content (AvgIpc) is 3.30. The number of aromatic carboxylic acids is 1. The van der Waals surface area contributed by atoms with E-state index in [4.69, 9.17) is 4.74 Å². The summed E-state index contributed by atoms with van der Waals surface area (Å²) < 4.78 is 7.67. The van der Waals surface area contributed by atoms with Gasteiger partial charge in [0.25, 0.3) is 0 Å². The fourth-order valence-corrected chi connectivity index (χ4v) is 5.26. The lowest BCUT2D eigenvalue weighted by atomic mass is 9.84. The molecule has 6 nitrogen and oxygen atoms in total. The quantitative estimate of drug-likeness (QED) is 0.252. The van der Waals surface area contributed by atoms with Gasteiger partial charge in [-0.3, -0.25) is 4.79 Å². The van der Waals surface area contributed by atoms with Crippen LogP contribution in [-0.2, 0) is 16.1 Å². The highest BCUT2D eigenvalue weighted by Crippen LogP contribution is 2.33. The number of hydrogen-bond donors (Lipinski definition) is 2. The fourth-order valence-electron chi connectivity index (χ4n) is 5.26. The van der Waals surface area contributed by atoms with Crippen LogP contribution in [0.4, 0.5) is 5.69 Å². The van der Waals surface area contributed by atoms with Crippen LogP contribution < -0.4 is 5.32 Å². The molecule has 2 N–H and O–H groups in total. The zero-order chi connectivity index (χ0) is 25.6. The lowest BCUT2D eigenvalue weighted by molar-refractivity contribution is -0.120. The molecule has 1 amide bonds. The van der Waals surface area contributed by atoms with E-state index in [1.54, 1.807) is 12.1 Å². The minimum Gasteiger partial charge on any atom is -0.478 e. The molecule has 4 aromatic rings. The Labute approximate surface area is 216 Å². The first-order valence-corrected chi connectivity index (χ1v) is 13.0. The van der Waals surface area contributed by atoms with Crippen molar-refractivity contribution in [1.82, 2.24) is 4.57 Å². The third-order valence-corrected chi connectivity index (χ3v) is 7.19. The molecule has 0 unspecified atom stereocenters. The van der Waals surface area contributed by atoms with Crippen LogP contribution in [0.3, 0.4) is 0 Å². The molecule has 0 radical (unpaired) electrons. The topological polar surface area (TPSA) is 80.6 Å². The molecule has 5 rings (SSSR count). The first-order chi connectivity index (χ1) is 18.1. The number of amides is 1. The number of nitrogens with zero attached hydrogens (tertiary/aromatic N) is 1. The smallest absolute Gasteiger partial charge is 0.335 e. The molecule has 0 saturated heterocycles. The number of anilines is 1. The second-order valence-electron chi connectivity index (χ2n) is 9.70. The van der Waals surface area contributed by atoms with Crippen LogP contribution in [0.5, 0.6) is 0 Å². The Morgan fingerprint density at radius 3 is 2.43 bits per heavy atom. The molecule has 1 fully saturated rings. The third-order valence-electron chi connectivity index (χ3n) is 7.19. The second-order valence-corrected chi connectivity index (χ2v) is 9.70. The van der Waals surface area contributed by atoms with E-state index in [0.717, 1.165) is 27.7 Å². The molecule has 1 saturated carbocycles. The number of nitrogens with one attached hydrogen (secondary N) is 1. The number of benzene rings is 3. The summed E-state index contributed by atoms with van der Waals surface area (Å²) in [5, 5.41) is 13.3. The highest BCUT2D eigenvalue weighted by molar-refractivity contribution is 6.00. The van der Waals surface area contributed by atoms with Gasteiger partial charge >= 0.3 is 5.97 Å². The Balaban J connectivity index is 1.19. The number of carbonyl (C=O) groups is 2. The van der Waals surface area contributed by atoms with Gasteiger partial charge in [0.1, 0.15) is 6.61 Å². The molecule has 1 aromatic heterocycles. The van der Waals surface area contributed by atoms with Gasteiger partial charge in [-0.2, -0.15) is 0 Å². The van der Waals surface area contributed by atoms with E-state index in [2.05, 4.69) is 17.4 Å². The van der Waals surface area contributed by atoms with Crippen molar-refractivity contribution in [3.8, 4) is 11.1 Å². The van der Waals surface area contributed by atoms with Crippen molar-refractivity contribution in [2.75, 3.05) is 18.5 Å². The van der Waals surface area contributed by atoms with E-state index in [-0.39, 0.29) is 18.1 Å². The Kier molecular flexibility index (Phi) is 7.66. The molecule has 1 heterocycles. The molecule has 6 heteroatoms. The maximum atomic E-state index is 12.4. The van der Waals surface area contributed by atoms with Gasteiger partial charge in [0, 0.05) is 34.9 Å². The summed E-state index contributed by atoms with van der Waals surface area (Å²) in [4.78, 5) is 24.0. The predicted molar refractivity (Wildman–Crippen MR) is 146 cm³/mol. The zero-order valence-corrected chi connectivity index (χ0v) is 20.9. The van der Waals surface area contributed by atoms with Crippen molar-refractivity contribution in [2.45, 2.75) is 44.6 Å². The highest BCUT2D eigenvalue weighted by atomic mass is 16.5. The van der Waals surface area contributed by atoms with Gasteiger partial charge in [-0.05, 0) is 54.2 Å². The van der Waals surface area contributed by atoms with Crippen LogP contribution in [0, 0.1) is 0 Å². The summed E-state index contributed by atoms with van der Waals surface area (Å²) in [5.74, 6) is -0.517. The monoisotopic (exact) mass is 496 g/mol. The summed E-state index contributed by atoms with van der Waals surface area (Å²) in [6.45, 7) is 0.772. The van der Waals surface area contributed by atoms with Crippen molar-refractivity contribution in [1.29, 1.82) is 0 Å². The van der Waals surface area contributed by atoms with E-state index >= 15 is 0 Å². The Morgan fingerprint density at radius 1 is 0.946 bits per heavy atom. The molecule has 0 bridgehead atoms. The largest absolute Gasteiger partial charge is 0.478 e. The lowest BCUT2D eigenvalue weighted by Gasteiger charge is -2.22.